The van der Waals surface area contributed by atoms with E-state index in [0.717, 1.165) is 12.8 Å². The highest BCUT2D eigenvalue weighted by Gasteiger charge is 2.19. The lowest BCUT2D eigenvalue weighted by atomic mass is 10.3. The summed E-state index contributed by atoms with van der Waals surface area (Å²) in [6.07, 6.45) is 2.09. The number of rotatable bonds is 1. The molecular weight excluding hydrogens is 144 g/mol. The molecule has 0 saturated heterocycles. The van der Waals surface area contributed by atoms with Gasteiger partial charge in [0.1, 0.15) is 0 Å². The molecule has 0 N–H and O–H groups in total. The molecule has 0 heterocycles. The first-order valence-electron chi connectivity index (χ1n) is 3.38. The lowest BCUT2D eigenvalue weighted by Crippen LogP contribution is -2.12. The van der Waals surface area contributed by atoms with Crippen LogP contribution in [-0.2, 0) is 14.3 Å². The molecule has 0 aromatic carbocycles. The summed E-state index contributed by atoms with van der Waals surface area (Å²) in [5.74, 6) is 3.61. The first-order chi connectivity index (χ1) is 5.24. The van der Waals surface area contributed by atoms with Crippen LogP contribution in [0.25, 0.3) is 0 Å². The van der Waals surface area contributed by atoms with Crippen LogP contribution in [0.3, 0.4) is 0 Å². The molecule has 1 rings (SSSR count). The van der Waals surface area contributed by atoms with E-state index in [1.54, 1.807) is 0 Å². The van der Waals surface area contributed by atoms with Gasteiger partial charge in [0, 0.05) is 5.92 Å². The van der Waals surface area contributed by atoms with Gasteiger partial charge in [0.2, 0.25) is 0 Å². The van der Waals surface area contributed by atoms with Crippen molar-refractivity contribution < 1.29 is 14.3 Å². The van der Waals surface area contributed by atoms with Crippen molar-refractivity contribution in [3.63, 3.8) is 0 Å². The zero-order valence-electron chi connectivity index (χ0n) is 6.22. The van der Waals surface area contributed by atoms with Gasteiger partial charge < -0.3 is 4.74 Å². The van der Waals surface area contributed by atoms with Crippen LogP contribution in [-0.4, -0.2) is 18.9 Å². The lowest BCUT2D eigenvalue weighted by molar-refractivity contribution is -0.149. The monoisotopic (exact) mass is 152 g/mol. The lowest BCUT2D eigenvalue weighted by Gasteiger charge is -1.87. The summed E-state index contributed by atoms with van der Waals surface area (Å²) in [5, 5.41) is 0. The van der Waals surface area contributed by atoms with Gasteiger partial charge in [-0.05, 0) is 18.8 Å². The number of ether oxygens (including phenoxy) is 1. The number of ketones is 1. The second kappa shape index (κ2) is 3.20. The summed E-state index contributed by atoms with van der Waals surface area (Å²) in [5.41, 5.74) is 0. The third-order valence-electron chi connectivity index (χ3n) is 1.34. The molecule has 1 fully saturated rings. The Morgan fingerprint density at radius 1 is 1.45 bits per heavy atom. The van der Waals surface area contributed by atoms with E-state index in [2.05, 4.69) is 16.6 Å². The highest BCUT2D eigenvalue weighted by molar-refractivity contribution is 6.40. The molecule has 0 bridgehead atoms. The van der Waals surface area contributed by atoms with Gasteiger partial charge in [0.25, 0.3) is 0 Å². The molecule has 3 heteroatoms. The van der Waals surface area contributed by atoms with Crippen LogP contribution in [0.2, 0.25) is 0 Å². The van der Waals surface area contributed by atoms with Crippen molar-refractivity contribution in [2.75, 3.05) is 7.11 Å². The zero-order chi connectivity index (χ0) is 8.27. The fraction of sp³-hybridized carbons (Fsp3) is 0.500. The van der Waals surface area contributed by atoms with Gasteiger partial charge in [-0.3, -0.25) is 4.79 Å². The Bertz CT molecular complexity index is 240. The van der Waals surface area contributed by atoms with Crippen LogP contribution in [0.15, 0.2) is 0 Å². The van der Waals surface area contributed by atoms with E-state index in [-0.39, 0.29) is 0 Å². The average molecular weight is 152 g/mol. The molecule has 1 aliphatic carbocycles. The standard InChI is InChI=1S/C8H8O3/c1-11-8(10)7(9)5-4-6-2-3-6/h6H,2-3H2,1H3. The molecule has 0 radical (unpaired) electrons. The summed E-state index contributed by atoms with van der Waals surface area (Å²) < 4.78 is 4.17. The number of hydrogen-bond acceptors (Lipinski definition) is 3. The highest BCUT2D eigenvalue weighted by atomic mass is 16.5. The summed E-state index contributed by atoms with van der Waals surface area (Å²) in [6.45, 7) is 0. The minimum absolute atomic E-state index is 0.337. The Labute approximate surface area is 64.7 Å². The maximum atomic E-state index is 10.7. The summed E-state index contributed by atoms with van der Waals surface area (Å²) in [4.78, 5) is 21.1. The number of carbonyl (C=O) groups excluding carboxylic acids is 2. The van der Waals surface area contributed by atoms with Crippen LogP contribution < -0.4 is 0 Å². The predicted octanol–water partition coefficient (Wildman–Crippen LogP) is 0.142. The molecule has 58 valence electrons. The SMILES string of the molecule is COC(=O)C(=O)C#CC1CC1. The smallest absolute Gasteiger partial charge is 0.387 e. The van der Waals surface area contributed by atoms with E-state index < -0.39 is 11.8 Å². The highest BCUT2D eigenvalue weighted by Crippen LogP contribution is 2.27. The first kappa shape index (κ1) is 7.80. The molecule has 1 saturated carbocycles. The predicted molar refractivity (Wildman–Crippen MR) is 37.5 cm³/mol. The van der Waals surface area contributed by atoms with E-state index in [1.807, 2.05) is 0 Å². The van der Waals surface area contributed by atoms with Crippen molar-refractivity contribution in [1.29, 1.82) is 0 Å². The van der Waals surface area contributed by atoms with Crippen LogP contribution >= 0.6 is 0 Å². The Morgan fingerprint density at radius 3 is 2.55 bits per heavy atom. The maximum absolute atomic E-state index is 10.7. The maximum Gasteiger partial charge on any atom is 0.387 e. The van der Waals surface area contributed by atoms with Crippen molar-refractivity contribution in [2.24, 2.45) is 5.92 Å². The van der Waals surface area contributed by atoms with E-state index in [1.165, 1.54) is 7.11 Å². The van der Waals surface area contributed by atoms with E-state index in [9.17, 15) is 9.59 Å². The van der Waals surface area contributed by atoms with Gasteiger partial charge in [-0.2, -0.15) is 0 Å². The summed E-state index contributed by atoms with van der Waals surface area (Å²) >= 11 is 0. The Hall–Kier alpha value is -1.30. The molecular formula is C8H8O3. The van der Waals surface area contributed by atoms with E-state index >= 15 is 0 Å². The van der Waals surface area contributed by atoms with Gasteiger partial charge in [-0.25, -0.2) is 4.79 Å². The molecule has 1 aliphatic rings. The number of hydrogen-bond donors (Lipinski definition) is 0. The molecule has 0 unspecified atom stereocenters. The van der Waals surface area contributed by atoms with Crippen molar-refractivity contribution in [1.82, 2.24) is 0 Å². The average Bonchev–Trinajstić information content (AvgIpc) is 2.81. The Balaban J connectivity index is 2.42. The van der Waals surface area contributed by atoms with Crippen LogP contribution in [0.5, 0.6) is 0 Å². The van der Waals surface area contributed by atoms with Crippen LogP contribution in [0.1, 0.15) is 12.8 Å². The van der Waals surface area contributed by atoms with Gasteiger partial charge in [-0.15, -0.1) is 0 Å². The quantitative estimate of drug-likeness (QED) is 0.232. The second-order valence-corrected chi connectivity index (χ2v) is 2.36. The first-order valence-corrected chi connectivity index (χ1v) is 3.38. The van der Waals surface area contributed by atoms with Crippen molar-refractivity contribution in [3.8, 4) is 11.8 Å². The molecule has 3 nitrogen and oxygen atoms in total. The fourth-order valence-electron chi connectivity index (χ4n) is 0.539. The number of carbonyl (C=O) groups is 2. The Kier molecular flexibility index (Phi) is 2.27. The van der Waals surface area contributed by atoms with Crippen molar-refractivity contribution >= 4 is 11.8 Å². The van der Waals surface area contributed by atoms with E-state index in [0.29, 0.717) is 5.92 Å². The molecule has 0 aliphatic heterocycles. The fourth-order valence-corrected chi connectivity index (χ4v) is 0.539. The van der Waals surface area contributed by atoms with Gasteiger partial charge in [0.15, 0.2) is 0 Å². The van der Waals surface area contributed by atoms with Crippen LogP contribution in [0.4, 0.5) is 0 Å². The molecule has 0 atom stereocenters. The minimum Gasteiger partial charge on any atom is -0.463 e. The van der Waals surface area contributed by atoms with Crippen molar-refractivity contribution in [2.45, 2.75) is 12.8 Å². The van der Waals surface area contributed by atoms with Gasteiger partial charge in [-0.1, -0.05) is 5.92 Å². The van der Waals surface area contributed by atoms with E-state index in [4.69, 9.17) is 0 Å². The molecule has 0 spiro atoms. The number of Topliss-reactive ketones (excluding diaryl/α,β-unsaturated/α-hetero) is 1. The Morgan fingerprint density at radius 2 is 2.09 bits per heavy atom. The summed E-state index contributed by atoms with van der Waals surface area (Å²) in [6, 6.07) is 0. The van der Waals surface area contributed by atoms with Crippen LogP contribution in [0, 0.1) is 17.8 Å². The van der Waals surface area contributed by atoms with Gasteiger partial charge in [0.05, 0.1) is 7.11 Å². The second-order valence-electron chi connectivity index (χ2n) is 2.36. The normalized spacial score (nSPS) is 14.6. The van der Waals surface area contributed by atoms with Crippen molar-refractivity contribution in [3.05, 3.63) is 0 Å². The number of methoxy groups -OCH3 is 1. The minimum atomic E-state index is -0.877. The third-order valence-corrected chi connectivity index (χ3v) is 1.34. The molecule has 0 aromatic rings. The largest absolute Gasteiger partial charge is 0.463 e. The zero-order valence-corrected chi connectivity index (χ0v) is 6.22. The third kappa shape index (κ3) is 2.42. The molecule has 0 aromatic heterocycles. The molecule has 11 heavy (non-hydrogen) atoms. The topological polar surface area (TPSA) is 43.4 Å². The van der Waals surface area contributed by atoms with Gasteiger partial charge >= 0.3 is 11.8 Å². The molecule has 0 amide bonds. The summed E-state index contributed by atoms with van der Waals surface area (Å²) in [7, 11) is 1.17. The number of esters is 1.